The number of carbonyl (C=O) groups is 1. The van der Waals surface area contributed by atoms with E-state index in [1.807, 2.05) is 30.3 Å². The van der Waals surface area contributed by atoms with Gasteiger partial charge in [-0.2, -0.15) is 0 Å². The molecule has 210 valence electrons. The van der Waals surface area contributed by atoms with Gasteiger partial charge in [-0.15, -0.1) is 0 Å². The summed E-state index contributed by atoms with van der Waals surface area (Å²) in [6.45, 7) is 2.10. The lowest BCUT2D eigenvalue weighted by molar-refractivity contribution is -0.139. The average Bonchev–Trinajstić information content (AvgIpc) is 3.51. The van der Waals surface area contributed by atoms with Gasteiger partial charge in [-0.3, -0.25) is 4.79 Å². The molecule has 1 amide bonds. The Balaban J connectivity index is 1.30. The van der Waals surface area contributed by atoms with Crippen LogP contribution in [0.4, 0.5) is 0 Å². The summed E-state index contributed by atoms with van der Waals surface area (Å²) >= 11 is 0. The van der Waals surface area contributed by atoms with Crippen molar-refractivity contribution in [2.45, 2.75) is 35.6 Å². The first-order valence-corrected chi connectivity index (χ1v) is 16.3. The van der Waals surface area contributed by atoms with Crippen LogP contribution in [0.15, 0.2) is 114 Å². The van der Waals surface area contributed by atoms with Crippen LogP contribution in [0.1, 0.15) is 47.4 Å². The quantitative estimate of drug-likeness (QED) is 0.303. The minimum atomic E-state index is -3.27. The maximum absolute atomic E-state index is 14.4. The van der Waals surface area contributed by atoms with E-state index in [0.29, 0.717) is 17.4 Å². The Hall–Kier alpha value is -3.74. The van der Waals surface area contributed by atoms with Crippen molar-refractivity contribution >= 4 is 15.7 Å². The zero-order chi connectivity index (χ0) is 28.4. The van der Waals surface area contributed by atoms with Crippen molar-refractivity contribution in [1.82, 2.24) is 10.2 Å². The number of hydrogen-bond donors (Lipinski definition) is 1. The fraction of sp³-hybridized carbons (Fsp3) is 0.286. The number of hydrogen-bond acceptors (Lipinski definition) is 4. The van der Waals surface area contributed by atoms with Crippen molar-refractivity contribution in [2.24, 2.45) is 5.92 Å². The number of sulfone groups is 1. The largest absolute Gasteiger partial charge is 0.335 e. The molecule has 6 heteroatoms. The van der Waals surface area contributed by atoms with E-state index in [-0.39, 0.29) is 23.8 Å². The van der Waals surface area contributed by atoms with Crippen molar-refractivity contribution < 1.29 is 13.2 Å². The van der Waals surface area contributed by atoms with Crippen LogP contribution in [-0.4, -0.2) is 45.1 Å². The van der Waals surface area contributed by atoms with Crippen molar-refractivity contribution in [1.29, 1.82) is 0 Å². The Morgan fingerprint density at radius 1 is 0.780 bits per heavy atom. The van der Waals surface area contributed by atoms with Gasteiger partial charge in [0, 0.05) is 31.8 Å². The van der Waals surface area contributed by atoms with Gasteiger partial charge in [-0.05, 0) is 58.7 Å². The maximum atomic E-state index is 14.4. The monoisotopic (exact) mass is 564 g/mol. The van der Waals surface area contributed by atoms with Crippen LogP contribution in [0.3, 0.4) is 0 Å². The molecule has 2 aliphatic heterocycles. The summed E-state index contributed by atoms with van der Waals surface area (Å²) in [5, 5.41) is 3.51. The third kappa shape index (κ3) is 5.72. The second kappa shape index (κ2) is 11.6. The lowest BCUT2D eigenvalue weighted by atomic mass is 9.80. The lowest BCUT2D eigenvalue weighted by Gasteiger charge is -2.42. The predicted molar refractivity (Wildman–Crippen MR) is 163 cm³/mol. The third-order valence-electron chi connectivity index (χ3n) is 8.83. The molecule has 0 aromatic heterocycles. The van der Waals surface area contributed by atoms with E-state index in [4.69, 9.17) is 0 Å². The van der Waals surface area contributed by atoms with Gasteiger partial charge in [0.15, 0.2) is 9.84 Å². The molecule has 0 aliphatic carbocycles. The van der Waals surface area contributed by atoms with Gasteiger partial charge in [0.25, 0.3) is 0 Å². The number of amides is 1. The number of piperidine rings is 1. The molecule has 4 aromatic rings. The molecule has 5 nitrogen and oxygen atoms in total. The van der Waals surface area contributed by atoms with Crippen LogP contribution in [0.5, 0.6) is 0 Å². The standard InChI is InChI=1S/C35H36N2O3S/c1-41(39,40)29-18-16-26(17-19-29)30-14-8-9-15-31(30)32-23-36-24-33(32)35(38)37-21-20-28(25-10-4-2-5-11-25)22-34(37)27-12-6-3-7-13-27/h2-19,28,32-34,36H,20-24H2,1H3/t28?,32-,33+,34?/m0/s1. The summed E-state index contributed by atoms with van der Waals surface area (Å²) in [7, 11) is -3.27. The summed E-state index contributed by atoms with van der Waals surface area (Å²) in [4.78, 5) is 16.9. The van der Waals surface area contributed by atoms with Gasteiger partial charge in [0.1, 0.15) is 0 Å². The molecule has 2 heterocycles. The zero-order valence-electron chi connectivity index (χ0n) is 23.3. The first kappa shape index (κ1) is 27.4. The highest BCUT2D eigenvalue weighted by Crippen LogP contribution is 2.43. The molecule has 6 rings (SSSR count). The number of benzene rings is 4. The average molecular weight is 565 g/mol. The zero-order valence-corrected chi connectivity index (χ0v) is 24.1. The number of likely N-dealkylation sites (tertiary alicyclic amines) is 1. The number of nitrogens with zero attached hydrogens (tertiary/aromatic N) is 1. The van der Waals surface area contributed by atoms with E-state index in [1.54, 1.807) is 12.1 Å². The first-order chi connectivity index (χ1) is 19.9. The molecule has 41 heavy (non-hydrogen) atoms. The van der Waals surface area contributed by atoms with Crippen LogP contribution >= 0.6 is 0 Å². The fourth-order valence-electron chi connectivity index (χ4n) is 6.69. The highest BCUT2D eigenvalue weighted by molar-refractivity contribution is 7.90. The van der Waals surface area contributed by atoms with E-state index in [1.165, 1.54) is 17.4 Å². The molecule has 2 unspecified atom stereocenters. The van der Waals surface area contributed by atoms with Crippen molar-refractivity contribution in [3.8, 4) is 11.1 Å². The van der Waals surface area contributed by atoms with Crippen molar-refractivity contribution in [3.05, 3.63) is 126 Å². The highest BCUT2D eigenvalue weighted by atomic mass is 32.2. The molecule has 2 aliphatic rings. The molecule has 0 saturated carbocycles. The van der Waals surface area contributed by atoms with Gasteiger partial charge in [-0.25, -0.2) is 8.42 Å². The van der Waals surface area contributed by atoms with E-state index >= 15 is 0 Å². The first-order valence-electron chi connectivity index (χ1n) is 14.4. The molecule has 0 spiro atoms. The summed E-state index contributed by atoms with van der Waals surface area (Å²) in [6, 6.07) is 36.5. The molecule has 4 aromatic carbocycles. The van der Waals surface area contributed by atoms with Crippen LogP contribution in [-0.2, 0) is 14.6 Å². The third-order valence-corrected chi connectivity index (χ3v) is 9.95. The van der Waals surface area contributed by atoms with Gasteiger partial charge >= 0.3 is 0 Å². The summed E-state index contributed by atoms with van der Waals surface area (Å²) < 4.78 is 24.0. The van der Waals surface area contributed by atoms with Crippen LogP contribution in [0.25, 0.3) is 11.1 Å². The predicted octanol–water partition coefficient (Wildman–Crippen LogP) is 6.21. The molecule has 0 bridgehead atoms. The van der Waals surface area contributed by atoms with Crippen LogP contribution in [0.2, 0.25) is 0 Å². The molecule has 4 atom stereocenters. The van der Waals surface area contributed by atoms with Crippen molar-refractivity contribution in [3.63, 3.8) is 0 Å². The van der Waals surface area contributed by atoms with Gasteiger partial charge < -0.3 is 10.2 Å². The Kier molecular flexibility index (Phi) is 7.78. The Bertz CT molecular complexity index is 1600. The topological polar surface area (TPSA) is 66.5 Å². The second-order valence-corrected chi connectivity index (χ2v) is 13.4. The molecule has 2 fully saturated rings. The van der Waals surface area contributed by atoms with E-state index in [9.17, 15) is 13.2 Å². The summed E-state index contributed by atoms with van der Waals surface area (Å²) in [5.74, 6) is 0.476. The van der Waals surface area contributed by atoms with Gasteiger partial charge in [0.2, 0.25) is 5.91 Å². The smallest absolute Gasteiger partial charge is 0.228 e. The van der Waals surface area contributed by atoms with Crippen LogP contribution < -0.4 is 5.32 Å². The minimum absolute atomic E-state index is 0.0246. The fourth-order valence-corrected chi connectivity index (χ4v) is 7.32. The van der Waals surface area contributed by atoms with Crippen molar-refractivity contribution in [2.75, 3.05) is 25.9 Å². The second-order valence-electron chi connectivity index (χ2n) is 11.3. The van der Waals surface area contributed by atoms with E-state index in [2.05, 4.69) is 76.9 Å². The molecular weight excluding hydrogens is 528 g/mol. The number of nitrogens with one attached hydrogen (secondary N) is 1. The molecule has 1 N–H and O–H groups in total. The summed E-state index contributed by atoms with van der Waals surface area (Å²) in [5.41, 5.74) is 5.66. The summed E-state index contributed by atoms with van der Waals surface area (Å²) in [6.07, 6.45) is 3.09. The van der Waals surface area contributed by atoms with Gasteiger partial charge in [-0.1, -0.05) is 97.1 Å². The normalized spacial score (nSPS) is 22.9. The van der Waals surface area contributed by atoms with E-state index in [0.717, 1.165) is 42.6 Å². The molecular formula is C35H36N2O3S. The van der Waals surface area contributed by atoms with Crippen LogP contribution in [0, 0.1) is 5.92 Å². The highest BCUT2D eigenvalue weighted by Gasteiger charge is 2.41. The SMILES string of the molecule is CS(=O)(=O)c1ccc(-c2ccccc2[C@@H]2CNC[C@H]2C(=O)N2CCC(c3ccccc3)CC2c2ccccc2)cc1. The molecule has 2 saturated heterocycles. The maximum Gasteiger partial charge on any atom is 0.228 e. The Morgan fingerprint density at radius 2 is 1.41 bits per heavy atom. The number of rotatable bonds is 6. The number of carbonyl (C=O) groups excluding carboxylic acids is 1. The Morgan fingerprint density at radius 3 is 2.10 bits per heavy atom. The lowest BCUT2D eigenvalue weighted by Crippen LogP contribution is -2.45. The molecule has 0 radical (unpaired) electrons. The Labute approximate surface area is 243 Å². The minimum Gasteiger partial charge on any atom is -0.335 e. The van der Waals surface area contributed by atoms with Gasteiger partial charge in [0.05, 0.1) is 16.9 Å². The van der Waals surface area contributed by atoms with E-state index < -0.39 is 9.84 Å².